The third kappa shape index (κ3) is 3.33. The van der Waals surface area contributed by atoms with Crippen molar-refractivity contribution in [2.24, 2.45) is 0 Å². The predicted molar refractivity (Wildman–Crippen MR) is 103 cm³/mol. The van der Waals surface area contributed by atoms with E-state index in [1.807, 2.05) is 42.5 Å². The summed E-state index contributed by atoms with van der Waals surface area (Å²) in [5.41, 5.74) is 2.43. The summed E-state index contributed by atoms with van der Waals surface area (Å²) in [6, 6.07) is 17.9. The van der Waals surface area contributed by atoms with Crippen molar-refractivity contribution in [2.45, 2.75) is 31.7 Å². The van der Waals surface area contributed by atoms with Crippen molar-refractivity contribution in [2.75, 3.05) is 5.32 Å². The standard InChI is InChI=1S/C22H20FN3O/c1-15(27)16-6-4-7-17(14-16)20-10-11-21(26-25-20)24-22(12-5-13-22)18-8-2-3-9-19(18)23/h2-4,6-11,14H,5,12-13H2,1H3,(H,24,26). The van der Waals surface area contributed by atoms with E-state index in [-0.39, 0.29) is 11.6 Å². The molecule has 1 aliphatic rings. The fourth-order valence-corrected chi connectivity index (χ4v) is 3.54. The van der Waals surface area contributed by atoms with Crippen molar-refractivity contribution >= 4 is 11.6 Å². The van der Waals surface area contributed by atoms with E-state index >= 15 is 0 Å². The molecule has 0 amide bonds. The number of nitrogens with one attached hydrogen (secondary N) is 1. The van der Waals surface area contributed by atoms with Crippen LogP contribution in [0.25, 0.3) is 11.3 Å². The average Bonchev–Trinajstić information content (AvgIpc) is 2.66. The van der Waals surface area contributed by atoms with Gasteiger partial charge in [0.1, 0.15) is 11.6 Å². The summed E-state index contributed by atoms with van der Waals surface area (Å²) in [4.78, 5) is 11.6. The van der Waals surface area contributed by atoms with Gasteiger partial charge in [-0.05, 0) is 50.5 Å². The molecular formula is C22H20FN3O. The Kier molecular flexibility index (Phi) is 4.44. The van der Waals surface area contributed by atoms with Gasteiger partial charge in [0.05, 0.1) is 11.2 Å². The third-order valence-corrected chi connectivity index (χ3v) is 5.19. The first-order chi connectivity index (χ1) is 13.1. The molecule has 1 saturated carbocycles. The minimum absolute atomic E-state index is 0.0138. The molecular weight excluding hydrogens is 341 g/mol. The van der Waals surface area contributed by atoms with E-state index in [1.54, 1.807) is 19.1 Å². The van der Waals surface area contributed by atoms with Crippen molar-refractivity contribution in [1.82, 2.24) is 10.2 Å². The topological polar surface area (TPSA) is 54.9 Å². The third-order valence-electron chi connectivity index (χ3n) is 5.19. The lowest BCUT2D eigenvalue weighted by Gasteiger charge is -2.43. The fourth-order valence-electron chi connectivity index (χ4n) is 3.54. The molecule has 5 heteroatoms. The van der Waals surface area contributed by atoms with Crippen LogP contribution in [0.5, 0.6) is 0 Å². The minimum Gasteiger partial charge on any atom is -0.359 e. The van der Waals surface area contributed by atoms with Crippen LogP contribution in [-0.2, 0) is 5.54 Å². The van der Waals surface area contributed by atoms with Crippen molar-refractivity contribution in [3.05, 3.63) is 77.6 Å². The highest BCUT2D eigenvalue weighted by atomic mass is 19.1. The number of anilines is 1. The number of carbonyl (C=O) groups is 1. The van der Waals surface area contributed by atoms with Crippen LogP contribution < -0.4 is 5.32 Å². The number of rotatable bonds is 5. The number of ketones is 1. The second kappa shape index (κ2) is 6.91. The molecule has 27 heavy (non-hydrogen) atoms. The van der Waals surface area contributed by atoms with E-state index in [2.05, 4.69) is 15.5 Å². The number of aromatic nitrogens is 2. The number of halogens is 1. The smallest absolute Gasteiger partial charge is 0.159 e. The van der Waals surface area contributed by atoms with Crippen molar-refractivity contribution in [3.63, 3.8) is 0 Å². The Bertz CT molecular complexity index is 981. The van der Waals surface area contributed by atoms with Gasteiger partial charge in [-0.2, -0.15) is 0 Å². The molecule has 136 valence electrons. The molecule has 4 nitrogen and oxygen atoms in total. The van der Waals surface area contributed by atoms with E-state index in [1.165, 1.54) is 6.07 Å². The van der Waals surface area contributed by atoms with Gasteiger partial charge in [-0.25, -0.2) is 4.39 Å². The summed E-state index contributed by atoms with van der Waals surface area (Å²) >= 11 is 0. The quantitative estimate of drug-likeness (QED) is 0.652. The summed E-state index contributed by atoms with van der Waals surface area (Å²) in [6.07, 6.45) is 2.76. The Morgan fingerprint density at radius 2 is 1.85 bits per heavy atom. The molecule has 3 aromatic rings. The number of nitrogens with zero attached hydrogens (tertiary/aromatic N) is 2. The van der Waals surface area contributed by atoms with Crippen LogP contribution >= 0.6 is 0 Å². The van der Waals surface area contributed by atoms with Gasteiger partial charge in [0.25, 0.3) is 0 Å². The molecule has 1 N–H and O–H groups in total. The first-order valence-corrected chi connectivity index (χ1v) is 9.06. The van der Waals surface area contributed by atoms with Crippen LogP contribution in [0.2, 0.25) is 0 Å². The molecule has 0 saturated heterocycles. The number of Topliss-reactive ketones (excluding diaryl/α,β-unsaturated/α-hetero) is 1. The highest BCUT2D eigenvalue weighted by molar-refractivity contribution is 5.95. The predicted octanol–water partition coefficient (Wildman–Crippen LogP) is 4.98. The molecule has 0 radical (unpaired) electrons. The van der Waals surface area contributed by atoms with Gasteiger partial charge >= 0.3 is 0 Å². The zero-order chi connectivity index (χ0) is 18.9. The Morgan fingerprint density at radius 3 is 2.48 bits per heavy atom. The van der Waals surface area contributed by atoms with Gasteiger partial charge in [0.2, 0.25) is 0 Å². The fraction of sp³-hybridized carbons (Fsp3) is 0.227. The van der Waals surface area contributed by atoms with Gasteiger partial charge in [-0.15, -0.1) is 10.2 Å². The molecule has 1 fully saturated rings. The summed E-state index contributed by atoms with van der Waals surface area (Å²) in [6.45, 7) is 1.54. The van der Waals surface area contributed by atoms with Crippen LogP contribution in [0.4, 0.5) is 10.2 Å². The van der Waals surface area contributed by atoms with E-state index in [4.69, 9.17) is 0 Å². The summed E-state index contributed by atoms with van der Waals surface area (Å²) in [7, 11) is 0. The van der Waals surface area contributed by atoms with Gasteiger partial charge < -0.3 is 5.32 Å². The monoisotopic (exact) mass is 361 g/mol. The molecule has 2 aromatic carbocycles. The maximum atomic E-state index is 14.3. The van der Waals surface area contributed by atoms with Crippen LogP contribution in [-0.4, -0.2) is 16.0 Å². The maximum Gasteiger partial charge on any atom is 0.159 e. The highest BCUT2D eigenvalue weighted by Crippen LogP contribution is 2.44. The van der Waals surface area contributed by atoms with Crippen LogP contribution in [0, 0.1) is 5.82 Å². The largest absolute Gasteiger partial charge is 0.359 e. The van der Waals surface area contributed by atoms with E-state index < -0.39 is 5.54 Å². The molecule has 4 rings (SSSR count). The lowest BCUT2D eigenvalue weighted by molar-refractivity contribution is 0.101. The number of hydrogen-bond acceptors (Lipinski definition) is 4. The maximum absolute atomic E-state index is 14.3. The zero-order valence-corrected chi connectivity index (χ0v) is 15.1. The average molecular weight is 361 g/mol. The van der Waals surface area contributed by atoms with Crippen molar-refractivity contribution < 1.29 is 9.18 Å². The Balaban J connectivity index is 1.59. The summed E-state index contributed by atoms with van der Waals surface area (Å²) in [5.74, 6) is 0.430. The molecule has 0 bridgehead atoms. The number of hydrogen-bond donors (Lipinski definition) is 1. The molecule has 0 aliphatic heterocycles. The van der Waals surface area contributed by atoms with Crippen molar-refractivity contribution in [1.29, 1.82) is 0 Å². The molecule has 0 atom stereocenters. The molecule has 0 spiro atoms. The normalized spacial score (nSPS) is 15.0. The van der Waals surface area contributed by atoms with E-state index in [0.29, 0.717) is 22.6 Å². The summed E-state index contributed by atoms with van der Waals surface area (Å²) in [5, 5.41) is 12.0. The van der Waals surface area contributed by atoms with Gasteiger partial charge in [-0.1, -0.05) is 36.4 Å². The van der Waals surface area contributed by atoms with Gasteiger partial charge in [-0.3, -0.25) is 4.79 Å². The first kappa shape index (κ1) is 17.3. The van der Waals surface area contributed by atoms with E-state index in [9.17, 15) is 9.18 Å². The second-order valence-electron chi connectivity index (χ2n) is 6.98. The van der Waals surface area contributed by atoms with Crippen LogP contribution in [0.15, 0.2) is 60.7 Å². The lowest BCUT2D eigenvalue weighted by Crippen LogP contribution is -2.43. The Labute approximate surface area is 157 Å². The second-order valence-corrected chi connectivity index (χ2v) is 6.98. The molecule has 1 aliphatic carbocycles. The SMILES string of the molecule is CC(=O)c1cccc(-c2ccc(NC3(c4ccccc4F)CCC3)nn2)c1. The molecule has 1 heterocycles. The minimum atomic E-state index is -0.421. The zero-order valence-electron chi connectivity index (χ0n) is 15.1. The van der Waals surface area contributed by atoms with Crippen molar-refractivity contribution in [3.8, 4) is 11.3 Å². The highest BCUT2D eigenvalue weighted by Gasteiger charge is 2.40. The number of carbonyl (C=O) groups excluding carboxylic acids is 1. The first-order valence-electron chi connectivity index (χ1n) is 9.06. The lowest BCUT2D eigenvalue weighted by atomic mass is 9.71. The van der Waals surface area contributed by atoms with Crippen LogP contribution in [0.1, 0.15) is 42.1 Å². The Morgan fingerprint density at radius 1 is 1.04 bits per heavy atom. The summed E-state index contributed by atoms with van der Waals surface area (Å²) < 4.78 is 14.3. The van der Waals surface area contributed by atoms with Gasteiger partial charge in [0, 0.05) is 16.7 Å². The van der Waals surface area contributed by atoms with Crippen LogP contribution in [0.3, 0.4) is 0 Å². The van der Waals surface area contributed by atoms with Gasteiger partial charge in [0.15, 0.2) is 5.78 Å². The number of benzene rings is 2. The Hall–Kier alpha value is -3.08. The van der Waals surface area contributed by atoms with E-state index in [0.717, 1.165) is 24.8 Å². The molecule has 1 aromatic heterocycles. The molecule has 0 unspecified atom stereocenters.